The van der Waals surface area contributed by atoms with Crippen LogP contribution in [0.5, 0.6) is 0 Å². The molecule has 0 fully saturated rings. The molecule has 1 amide bonds. The molecule has 4 aromatic rings. The Hall–Kier alpha value is -3.00. The Balaban J connectivity index is 1.55. The first-order chi connectivity index (χ1) is 11.6. The fourth-order valence-corrected chi connectivity index (χ4v) is 3.15. The Morgan fingerprint density at radius 1 is 1.29 bits per heavy atom. The van der Waals surface area contributed by atoms with Crippen LogP contribution in [0.25, 0.3) is 16.9 Å². The van der Waals surface area contributed by atoms with Gasteiger partial charge in [-0.2, -0.15) is 5.10 Å². The van der Waals surface area contributed by atoms with E-state index < -0.39 is 0 Å². The second-order valence-corrected chi connectivity index (χ2v) is 6.32. The highest BCUT2D eigenvalue weighted by Gasteiger charge is 2.12. The number of carbonyl (C=O) groups is 1. The quantitative estimate of drug-likeness (QED) is 0.623. The van der Waals surface area contributed by atoms with Gasteiger partial charge in [0.1, 0.15) is 5.65 Å². The Kier molecular flexibility index (Phi) is 3.39. The van der Waals surface area contributed by atoms with Crippen molar-refractivity contribution in [2.75, 3.05) is 5.32 Å². The maximum absolute atomic E-state index is 12.4. The van der Waals surface area contributed by atoms with Gasteiger partial charge < -0.3 is 4.40 Å². The zero-order chi connectivity index (χ0) is 16.7. The molecule has 4 rings (SSSR count). The number of rotatable bonds is 3. The number of aromatic nitrogens is 5. The van der Waals surface area contributed by atoms with Gasteiger partial charge in [-0.1, -0.05) is 0 Å². The van der Waals surface area contributed by atoms with E-state index in [1.807, 2.05) is 42.3 Å². The zero-order valence-electron chi connectivity index (χ0n) is 13.1. The monoisotopic (exact) mass is 338 g/mol. The maximum Gasteiger partial charge on any atom is 0.257 e. The molecule has 0 aliphatic heterocycles. The third kappa shape index (κ3) is 2.67. The Bertz CT molecular complexity index is 1040. The van der Waals surface area contributed by atoms with Gasteiger partial charge in [0.05, 0.1) is 17.6 Å². The Labute approximate surface area is 141 Å². The smallest absolute Gasteiger partial charge is 0.257 e. The lowest BCUT2D eigenvalue weighted by Crippen LogP contribution is -2.12. The van der Waals surface area contributed by atoms with Crippen molar-refractivity contribution >= 4 is 28.0 Å². The average Bonchev–Trinajstić information content (AvgIpc) is 3.25. The van der Waals surface area contributed by atoms with Crippen LogP contribution in [-0.2, 0) is 7.05 Å². The number of imidazole rings is 1. The largest absolute Gasteiger partial charge is 0.307 e. The molecule has 8 heteroatoms. The second-order valence-electron chi connectivity index (χ2n) is 5.46. The molecule has 0 bridgehead atoms. The summed E-state index contributed by atoms with van der Waals surface area (Å²) in [5, 5.41) is 9.41. The number of nitrogens with one attached hydrogen (secondary N) is 1. The molecule has 0 aliphatic rings. The summed E-state index contributed by atoms with van der Waals surface area (Å²) < 4.78 is 3.60. The van der Waals surface area contributed by atoms with Gasteiger partial charge in [-0.25, -0.2) is 9.97 Å². The predicted molar refractivity (Wildman–Crippen MR) is 92.2 cm³/mol. The van der Waals surface area contributed by atoms with Crippen LogP contribution in [0.1, 0.15) is 16.1 Å². The SMILES string of the molecule is Cc1cn2ccc(C(=O)Nc3nc(-c4cnn(C)c4)cs3)cc2n1. The molecule has 0 unspecified atom stereocenters. The van der Waals surface area contributed by atoms with Crippen LogP contribution < -0.4 is 5.32 Å². The normalized spacial score (nSPS) is 11.1. The molecule has 0 aromatic carbocycles. The molecule has 0 spiro atoms. The van der Waals surface area contributed by atoms with Gasteiger partial charge in [0.25, 0.3) is 5.91 Å². The van der Waals surface area contributed by atoms with Crippen molar-refractivity contribution in [2.24, 2.45) is 7.05 Å². The van der Waals surface area contributed by atoms with Crippen molar-refractivity contribution < 1.29 is 4.79 Å². The number of fused-ring (bicyclic) bond motifs is 1. The number of aryl methyl sites for hydroxylation is 2. The van der Waals surface area contributed by atoms with Crippen LogP contribution in [0.4, 0.5) is 5.13 Å². The lowest BCUT2D eigenvalue weighted by Gasteiger charge is -2.02. The minimum absolute atomic E-state index is 0.203. The van der Waals surface area contributed by atoms with E-state index >= 15 is 0 Å². The highest BCUT2D eigenvalue weighted by atomic mass is 32.1. The molecule has 24 heavy (non-hydrogen) atoms. The summed E-state index contributed by atoms with van der Waals surface area (Å²) in [4.78, 5) is 21.2. The van der Waals surface area contributed by atoms with Crippen LogP contribution in [0.2, 0.25) is 0 Å². The molecule has 0 saturated carbocycles. The predicted octanol–water partition coefficient (Wildman–Crippen LogP) is 2.75. The molecular weight excluding hydrogens is 324 g/mol. The summed E-state index contributed by atoms with van der Waals surface area (Å²) in [6, 6.07) is 3.52. The number of hydrogen-bond donors (Lipinski definition) is 1. The lowest BCUT2D eigenvalue weighted by atomic mass is 10.2. The van der Waals surface area contributed by atoms with E-state index in [1.165, 1.54) is 11.3 Å². The first-order valence-electron chi connectivity index (χ1n) is 7.30. The zero-order valence-corrected chi connectivity index (χ0v) is 13.9. The molecule has 0 saturated heterocycles. The van der Waals surface area contributed by atoms with Crippen molar-refractivity contribution in [1.82, 2.24) is 24.1 Å². The average molecular weight is 338 g/mol. The second kappa shape index (κ2) is 5.57. The van der Waals surface area contributed by atoms with E-state index in [0.29, 0.717) is 10.7 Å². The van der Waals surface area contributed by atoms with Crippen molar-refractivity contribution in [3.05, 3.63) is 53.6 Å². The Morgan fingerprint density at radius 3 is 2.96 bits per heavy atom. The van der Waals surface area contributed by atoms with E-state index in [0.717, 1.165) is 22.6 Å². The first-order valence-corrected chi connectivity index (χ1v) is 8.18. The van der Waals surface area contributed by atoms with Crippen LogP contribution in [0.3, 0.4) is 0 Å². The minimum atomic E-state index is -0.203. The summed E-state index contributed by atoms with van der Waals surface area (Å²) in [7, 11) is 1.85. The molecular formula is C16H14N6OS. The topological polar surface area (TPSA) is 77.1 Å². The molecule has 0 atom stereocenters. The number of hydrogen-bond acceptors (Lipinski definition) is 5. The summed E-state index contributed by atoms with van der Waals surface area (Å²) in [6.45, 7) is 1.92. The molecule has 4 heterocycles. The van der Waals surface area contributed by atoms with Gasteiger partial charge in [0.15, 0.2) is 5.13 Å². The highest BCUT2D eigenvalue weighted by molar-refractivity contribution is 7.14. The number of thiazole rings is 1. The fourth-order valence-electron chi connectivity index (χ4n) is 2.44. The standard InChI is InChI=1S/C16H14N6OS/c1-10-7-22-4-3-11(5-14(22)18-10)15(23)20-16-19-13(9-24-16)12-6-17-21(2)8-12/h3-9H,1-2H3,(H,19,20,23). The van der Waals surface area contributed by atoms with Gasteiger partial charge in [0.2, 0.25) is 0 Å². The number of carbonyl (C=O) groups excluding carboxylic acids is 1. The molecule has 0 radical (unpaired) electrons. The van der Waals surface area contributed by atoms with Crippen molar-refractivity contribution in [3.8, 4) is 11.3 Å². The van der Waals surface area contributed by atoms with Gasteiger partial charge >= 0.3 is 0 Å². The minimum Gasteiger partial charge on any atom is -0.307 e. The van der Waals surface area contributed by atoms with E-state index in [-0.39, 0.29) is 5.91 Å². The number of nitrogens with zero attached hydrogens (tertiary/aromatic N) is 5. The summed E-state index contributed by atoms with van der Waals surface area (Å²) in [5.41, 5.74) is 3.92. The van der Waals surface area contributed by atoms with Crippen molar-refractivity contribution in [3.63, 3.8) is 0 Å². The first kappa shape index (κ1) is 14.6. The van der Waals surface area contributed by atoms with Gasteiger partial charge in [-0.15, -0.1) is 11.3 Å². The molecule has 1 N–H and O–H groups in total. The molecule has 120 valence electrons. The fraction of sp³-hybridized carbons (Fsp3) is 0.125. The van der Waals surface area contributed by atoms with E-state index in [9.17, 15) is 4.79 Å². The summed E-state index contributed by atoms with van der Waals surface area (Å²) >= 11 is 1.38. The van der Waals surface area contributed by atoms with Crippen LogP contribution >= 0.6 is 11.3 Å². The number of amides is 1. The third-order valence-corrected chi connectivity index (χ3v) is 4.33. The van der Waals surface area contributed by atoms with E-state index in [4.69, 9.17) is 0 Å². The van der Waals surface area contributed by atoms with Gasteiger partial charge in [-0.3, -0.25) is 14.8 Å². The van der Waals surface area contributed by atoms with E-state index in [2.05, 4.69) is 20.4 Å². The van der Waals surface area contributed by atoms with Gasteiger partial charge in [0, 0.05) is 42.1 Å². The van der Waals surface area contributed by atoms with Crippen molar-refractivity contribution in [2.45, 2.75) is 6.92 Å². The lowest BCUT2D eigenvalue weighted by molar-refractivity contribution is 0.102. The highest BCUT2D eigenvalue weighted by Crippen LogP contribution is 2.24. The van der Waals surface area contributed by atoms with Gasteiger partial charge in [-0.05, 0) is 19.1 Å². The summed E-state index contributed by atoms with van der Waals surface area (Å²) in [6.07, 6.45) is 7.37. The molecule has 0 aliphatic carbocycles. The Morgan fingerprint density at radius 2 is 2.17 bits per heavy atom. The van der Waals surface area contributed by atoms with Crippen LogP contribution in [0.15, 0.2) is 42.3 Å². The molecule has 7 nitrogen and oxygen atoms in total. The van der Waals surface area contributed by atoms with Crippen molar-refractivity contribution in [1.29, 1.82) is 0 Å². The van der Waals surface area contributed by atoms with Crippen LogP contribution in [0, 0.1) is 6.92 Å². The molecule has 4 aromatic heterocycles. The van der Waals surface area contributed by atoms with E-state index in [1.54, 1.807) is 23.0 Å². The third-order valence-electron chi connectivity index (χ3n) is 3.57. The van der Waals surface area contributed by atoms with Crippen LogP contribution in [-0.4, -0.2) is 30.1 Å². The number of anilines is 1. The summed E-state index contributed by atoms with van der Waals surface area (Å²) in [5.74, 6) is -0.203. The number of pyridine rings is 1. The maximum atomic E-state index is 12.4.